The molecule has 0 saturated heterocycles. The standard InChI is InChI=1S/C29H32N2O4/c1-34-26-15-9-8-14-25(26)27(32)31-21-29(23-12-6-3-7-13-23)18-16-24(17-19-29)35-28(33)30-20-22-10-4-2-5-11-22/h2-15,24H,16-21H2,1H3,(H,30,33)(H,31,32). The number of carbonyl (C=O) groups excluding carboxylic acids is 2. The van der Waals surface area contributed by atoms with Crippen LogP contribution in [0.25, 0.3) is 0 Å². The normalized spacial score (nSPS) is 19.4. The molecule has 0 aromatic heterocycles. The highest BCUT2D eigenvalue weighted by atomic mass is 16.6. The van der Waals surface area contributed by atoms with Gasteiger partial charge in [-0.3, -0.25) is 4.79 Å². The Labute approximate surface area is 206 Å². The van der Waals surface area contributed by atoms with Crippen molar-refractivity contribution >= 4 is 12.0 Å². The largest absolute Gasteiger partial charge is 0.496 e. The summed E-state index contributed by atoms with van der Waals surface area (Å²) >= 11 is 0. The molecule has 1 aliphatic carbocycles. The van der Waals surface area contributed by atoms with Gasteiger partial charge in [-0.1, -0.05) is 72.8 Å². The minimum atomic E-state index is -0.393. The number of nitrogens with one attached hydrogen (secondary N) is 2. The molecule has 6 heteroatoms. The van der Waals surface area contributed by atoms with Crippen molar-refractivity contribution in [3.63, 3.8) is 0 Å². The first-order valence-corrected chi connectivity index (χ1v) is 12.0. The molecule has 0 aliphatic heterocycles. The van der Waals surface area contributed by atoms with Gasteiger partial charge in [0.25, 0.3) is 5.91 Å². The van der Waals surface area contributed by atoms with Gasteiger partial charge in [0, 0.05) is 18.5 Å². The van der Waals surface area contributed by atoms with E-state index in [9.17, 15) is 9.59 Å². The van der Waals surface area contributed by atoms with Crippen molar-refractivity contribution in [1.82, 2.24) is 10.6 Å². The molecule has 2 N–H and O–H groups in total. The van der Waals surface area contributed by atoms with Crippen LogP contribution in [0.1, 0.15) is 47.2 Å². The Balaban J connectivity index is 1.37. The molecule has 3 aromatic carbocycles. The van der Waals surface area contributed by atoms with Crippen molar-refractivity contribution in [2.75, 3.05) is 13.7 Å². The highest BCUT2D eigenvalue weighted by molar-refractivity contribution is 5.97. The molecular weight excluding hydrogens is 440 g/mol. The van der Waals surface area contributed by atoms with Crippen molar-refractivity contribution in [1.29, 1.82) is 0 Å². The van der Waals surface area contributed by atoms with Crippen LogP contribution in [-0.2, 0) is 16.7 Å². The molecule has 1 fully saturated rings. The van der Waals surface area contributed by atoms with Crippen molar-refractivity contribution in [2.45, 2.75) is 43.7 Å². The van der Waals surface area contributed by atoms with Crippen LogP contribution in [0.5, 0.6) is 5.75 Å². The number of hydrogen-bond acceptors (Lipinski definition) is 4. The van der Waals surface area contributed by atoms with Crippen molar-refractivity contribution in [3.8, 4) is 5.75 Å². The van der Waals surface area contributed by atoms with E-state index >= 15 is 0 Å². The Kier molecular flexibility index (Phi) is 8.03. The number of rotatable bonds is 8. The van der Waals surface area contributed by atoms with E-state index in [1.54, 1.807) is 19.2 Å². The smallest absolute Gasteiger partial charge is 0.407 e. The van der Waals surface area contributed by atoms with Gasteiger partial charge in [-0.2, -0.15) is 0 Å². The Morgan fingerprint density at radius 3 is 2.17 bits per heavy atom. The van der Waals surface area contributed by atoms with Crippen LogP contribution >= 0.6 is 0 Å². The van der Waals surface area contributed by atoms with Crippen LogP contribution in [0.4, 0.5) is 4.79 Å². The maximum atomic E-state index is 13.0. The molecule has 3 aromatic rings. The molecule has 0 unspecified atom stereocenters. The number of alkyl carbamates (subject to hydrolysis) is 1. The molecule has 4 rings (SSSR count). The van der Waals surface area contributed by atoms with Gasteiger partial charge in [0.2, 0.25) is 0 Å². The summed E-state index contributed by atoms with van der Waals surface area (Å²) in [5.41, 5.74) is 2.51. The quantitative estimate of drug-likeness (QED) is 0.471. The van der Waals surface area contributed by atoms with Crippen molar-refractivity contribution in [2.24, 2.45) is 0 Å². The predicted molar refractivity (Wildman–Crippen MR) is 135 cm³/mol. The second-order valence-electron chi connectivity index (χ2n) is 8.97. The lowest BCUT2D eigenvalue weighted by atomic mass is 9.68. The fourth-order valence-electron chi connectivity index (χ4n) is 4.76. The van der Waals surface area contributed by atoms with E-state index < -0.39 is 6.09 Å². The van der Waals surface area contributed by atoms with E-state index in [0.29, 0.717) is 24.4 Å². The Bertz CT molecular complexity index is 1110. The first kappa shape index (κ1) is 24.3. The summed E-state index contributed by atoms with van der Waals surface area (Å²) < 4.78 is 11.1. The topological polar surface area (TPSA) is 76.7 Å². The van der Waals surface area contributed by atoms with Gasteiger partial charge in [0.15, 0.2) is 0 Å². The van der Waals surface area contributed by atoms with Crippen molar-refractivity contribution < 1.29 is 19.1 Å². The summed E-state index contributed by atoms with van der Waals surface area (Å²) in [4.78, 5) is 25.3. The maximum absolute atomic E-state index is 13.0. The Morgan fingerprint density at radius 1 is 0.857 bits per heavy atom. The molecular formula is C29H32N2O4. The lowest BCUT2D eigenvalue weighted by molar-refractivity contribution is 0.0562. The second kappa shape index (κ2) is 11.6. The zero-order valence-electron chi connectivity index (χ0n) is 20.0. The molecule has 1 saturated carbocycles. The average molecular weight is 473 g/mol. The number of ether oxygens (including phenoxy) is 2. The number of carbonyl (C=O) groups is 2. The third-order valence-electron chi connectivity index (χ3n) is 6.77. The summed E-state index contributed by atoms with van der Waals surface area (Å²) in [7, 11) is 1.56. The van der Waals surface area contributed by atoms with Crippen LogP contribution in [0.2, 0.25) is 0 Å². The molecule has 0 radical (unpaired) electrons. The first-order valence-electron chi connectivity index (χ1n) is 12.0. The molecule has 2 amide bonds. The molecule has 182 valence electrons. The van der Waals surface area contributed by atoms with Gasteiger partial charge in [-0.15, -0.1) is 0 Å². The van der Waals surface area contributed by atoms with Crippen LogP contribution < -0.4 is 15.4 Å². The molecule has 0 heterocycles. The minimum Gasteiger partial charge on any atom is -0.496 e. The molecule has 35 heavy (non-hydrogen) atoms. The maximum Gasteiger partial charge on any atom is 0.407 e. The third kappa shape index (κ3) is 6.21. The van der Waals surface area contributed by atoms with Gasteiger partial charge in [0.05, 0.1) is 12.7 Å². The Morgan fingerprint density at radius 2 is 1.49 bits per heavy atom. The van der Waals surface area contributed by atoms with E-state index in [1.165, 1.54) is 5.56 Å². The highest BCUT2D eigenvalue weighted by Gasteiger charge is 2.38. The number of amides is 2. The highest BCUT2D eigenvalue weighted by Crippen LogP contribution is 2.40. The monoisotopic (exact) mass is 472 g/mol. The first-order chi connectivity index (χ1) is 17.1. The molecule has 1 aliphatic rings. The van der Waals surface area contributed by atoms with Crippen LogP contribution in [0.3, 0.4) is 0 Å². The molecule has 0 spiro atoms. The number of hydrogen-bond donors (Lipinski definition) is 2. The van der Waals surface area contributed by atoms with Gasteiger partial charge in [-0.25, -0.2) is 4.79 Å². The van der Waals surface area contributed by atoms with Gasteiger partial charge < -0.3 is 20.1 Å². The van der Waals surface area contributed by atoms with Crippen molar-refractivity contribution in [3.05, 3.63) is 102 Å². The summed E-state index contributed by atoms with van der Waals surface area (Å²) in [6.07, 6.45) is 2.54. The molecule has 0 bridgehead atoms. The van der Waals surface area contributed by atoms with E-state index in [2.05, 4.69) is 22.8 Å². The van der Waals surface area contributed by atoms with Gasteiger partial charge in [-0.05, 0) is 48.9 Å². The van der Waals surface area contributed by atoms with Crippen LogP contribution in [-0.4, -0.2) is 31.8 Å². The van der Waals surface area contributed by atoms with Crippen LogP contribution in [0.15, 0.2) is 84.9 Å². The zero-order chi connectivity index (χ0) is 24.5. The second-order valence-corrected chi connectivity index (χ2v) is 8.97. The van der Waals surface area contributed by atoms with Crippen LogP contribution in [0, 0.1) is 0 Å². The van der Waals surface area contributed by atoms with Gasteiger partial charge >= 0.3 is 6.09 Å². The van der Waals surface area contributed by atoms with E-state index in [4.69, 9.17) is 9.47 Å². The van der Waals surface area contributed by atoms with E-state index in [-0.39, 0.29) is 17.4 Å². The molecule has 0 atom stereocenters. The molecule has 6 nitrogen and oxygen atoms in total. The van der Waals surface area contributed by atoms with E-state index in [0.717, 1.165) is 31.2 Å². The number of benzene rings is 3. The van der Waals surface area contributed by atoms with Gasteiger partial charge in [0.1, 0.15) is 11.9 Å². The number of para-hydroxylation sites is 1. The fraction of sp³-hybridized carbons (Fsp3) is 0.310. The third-order valence-corrected chi connectivity index (χ3v) is 6.77. The lowest BCUT2D eigenvalue weighted by Crippen LogP contribution is -2.45. The SMILES string of the molecule is COc1ccccc1C(=O)NCC1(c2ccccc2)CCC(OC(=O)NCc2ccccc2)CC1. The number of methoxy groups -OCH3 is 1. The zero-order valence-corrected chi connectivity index (χ0v) is 20.0. The summed E-state index contributed by atoms with van der Waals surface area (Å²) in [5.74, 6) is 0.397. The fourth-order valence-corrected chi connectivity index (χ4v) is 4.76. The minimum absolute atomic E-state index is 0.146. The summed E-state index contributed by atoms with van der Waals surface area (Å²) in [6, 6.07) is 27.3. The Hall–Kier alpha value is -3.80. The van der Waals surface area contributed by atoms with E-state index in [1.807, 2.05) is 60.7 Å². The summed E-state index contributed by atoms with van der Waals surface area (Å²) in [6.45, 7) is 0.941. The summed E-state index contributed by atoms with van der Waals surface area (Å²) in [5, 5.41) is 5.98. The predicted octanol–water partition coefficient (Wildman–Crippen LogP) is 5.23. The average Bonchev–Trinajstić information content (AvgIpc) is 2.92. The lowest BCUT2D eigenvalue weighted by Gasteiger charge is -2.40.